The van der Waals surface area contributed by atoms with Crippen LogP contribution in [0.15, 0.2) is 40.3 Å². The van der Waals surface area contributed by atoms with Crippen LogP contribution in [-0.2, 0) is 16.0 Å². The van der Waals surface area contributed by atoms with Gasteiger partial charge in [0.05, 0.1) is 30.2 Å². The van der Waals surface area contributed by atoms with Crippen LogP contribution in [0.1, 0.15) is 19.4 Å². The van der Waals surface area contributed by atoms with Gasteiger partial charge in [0.15, 0.2) is 5.60 Å². The first-order valence-electron chi connectivity index (χ1n) is 10.3. The van der Waals surface area contributed by atoms with Gasteiger partial charge in [-0.3, -0.25) is 4.79 Å². The predicted molar refractivity (Wildman–Crippen MR) is 118 cm³/mol. The largest absolute Gasteiger partial charge is 0.481 e. The standard InChI is InChI=1S/C22H25F2N5O3/c1-13-11-26-19(27-12-13)15(10-25)20(30)28-16-7-14-9-22(2,21(23)24)32-18(14)8-17(16)29-3-5-31-6-4-29/h7-8,10-12,21,25-26H,3-6,9H2,1-2H3,(H,28,30)/b19-15-,25-10?. The van der Waals surface area contributed by atoms with Crippen molar-refractivity contribution in [1.82, 2.24) is 5.32 Å². The van der Waals surface area contributed by atoms with E-state index in [0.29, 0.717) is 49.0 Å². The number of alkyl halides is 2. The minimum Gasteiger partial charge on any atom is -0.481 e. The molecular weight excluding hydrogens is 420 g/mol. The third-order valence-electron chi connectivity index (χ3n) is 5.60. The Morgan fingerprint density at radius 1 is 1.38 bits per heavy atom. The third kappa shape index (κ3) is 4.22. The van der Waals surface area contributed by atoms with E-state index in [-0.39, 0.29) is 17.8 Å². The van der Waals surface area contributed by atoms with Crippen LogP contribution >= 0.6 is 0 Å². The molecule has 0 saturated carbocycles. The lowest BCUT2D eigenvalue weighted by Gasteiger charge is -2.31. The molecule has 0 spiro atoms. The lowest BCUT2D eigenvalue weighted by molar-refractivity contribution is -0.112. The molecular formula is C22H25F2N5O3. The number of fused-ring (bicyclic) bond motifs is 1. The lowest BCUT2D eigenvalue weighted by Crippen LogP contribution is -2.38. The van der Waals surface area contributed by atoms with Crippen LogP contribution in [0.3, 0.4) is 0 Å². The number of nitrogens with one attached hydrogen (secondary N) is 3. The third-order valence-corrected chi connectivity index (χ3v) is 5.60. The number of carbonyl (C=O) groups excluding carboxylic acids is 1. The van der Waals surface area contributed by atoms with E-state index in [9.17, 15) is 13.6 Å². The number of benzene rings is 1. The molecule has 3 aliphatic rings. The van der Waals surface area contributed by atoms with Gasteiger partial charge < -0.3 is 30.4 Å². The molecule has 8 nitrogen and oxygen atoms in total. The molecule has 1 amide bonds. The van der Waals surface area contributed by atoms with Crippen molar-refractivity contribution in [1.29, 1.82) is 5.41 Å². The average molecular weight is 445 g/mol. The van der Waals surface area contributed by atoms with Crippen LogP contribution in [0.25, 0.3) is 0 Å². The van der Waals surface area contributed by atoms with E-state index >= 15 is 0 Å². The number of halogens is 2. The van der Waals surface area contributed by atoms with Crippen LogP contribution < -0.4 is 20.3 Å². The minimum absolute atomic E-state index is 0.0285. The van der Waals surface area contributed by atoms with Crippen LogP contribution in [0.4, 0.5) is 20.2 Å². The van der Waals surface area contributed by atoms with Gasteiger partial charge in [-0.2, -0.15) is 0 Å². The Bertz CT molecular complexity index is 1030. The highest BCUT2D eigenvalue weighted by atomic mass is 19.3. The molecule has 1 aromatic carbocycles. The first-order chi connectivity index (χ1) is 15.3. The molecule has 3 N–H and O–H groups in total. The highest BCUT2D eigenvalue weighted by molar-refractivity contribution is 6.18. The fraction of sp³-hybridized carbons (Fsp3) is 0.409. The molecule has 1 saturated heterocycles. The van der Waals surface area contributed by atoms with Crippen molar-refractivity contribution in [2.75, 3.05) is 36.5 Å². The molecule has 3 aliphatic heterocycles. The van der Waals surface area contributed by atoms with Gasteiger partial charge in [0, 0.05) is 49.8 Å². The van der Waals surface area contributed by atoms with Gasteiger partial charge in [0.2, 0.25) is 0 Å². The van der Waals surface area contributed by atoms with E-state index in [2.05, 4.69) is 15.6 Å². The summed E-state index contributed by atoms with van der Waals surface area (Å²) in [7, 11) is 0. The van der Waals surface area contributed by atoms with Gasteiger partial charge in [-0.1, -0.05) is 0 Å². The predicted octanol–water partition coefficient (Wildman–Crippen LogP) is 2.86. The molecule has 0 radical (unpaired) electrons. The van der Waals surface area contributed by atoms with Gasteiger partial charge in [0.25, 0.3) is 12.3 Å². The van der Waals surface area contributed by atoms with E-state index < -0.39 is 17.9 Å². The lowest BCUT2D eigenvalue weighted by atomic mass is 9.99. The number of allylic oxidation sites excluding steroid dienone is 1. The summed E-state index contributed by atoms with van der Waals surface area (Å²) in [6, 6.07) is 3.38. The van der Waals surface area contributed by atoms with E-state index in [1.807, 2.05) is 11.8 Å². The molecule has 0 bridgehead atoms. The van der Waals surface area contributed by atoms with Gasteiger partial charge in [-0.25, -0.2) is 13.8 Å². The quantitative estimate of drug-likeness (QED) is 0.478. The zero-order valence-electron chi connectivity index (χ0n) is 17.9. The second-order valence-corrected chi connectivity index (χ2v) is 8.12. The SMILES string of the molecule is CC1=CN/C(=C(\C=N)C(=O)Nc2cc3c(cc2N2CCOCC2)OC(C)(C(F)F)C3)N=C1. The van der Waals surface area contributed by atoms with Crippen LogP contribution in [-0.4, -0.2) is 56.7 Å². The molecule has 4 rings (SSSR count). The maximum absolute atomic E-state index is 13.6. The van der Waals surface area contributed by atoms with E-state index in [0.717, 1.165) is 11.8 Å². The normalized spacial score (nSPS) is 23.8. The number of nitrogens with zero attached hydrogens (tertiary/aromatic N) is 2. The monoisotopic (exact) mass is 445 g/mol. The summed E-state index contributed by atoms with van der Waals surface area (Å²) in [4.78, 5) is 19.2. The molecule has 170 valence electrons. The first-order valence-corrected chi connectivity index (χ1v) is 10.3. The average Bonchev–Trinajstić information content (AvgIpc) is 3.12. The second kappa shape index (κ2) is 8.70. The first kappa shape index (κ1) is 21.9. The molecule has 1 fully saturated rings. The number of hydrogen-bond acceptors (Lipinski definition) is 7. The Kier molecular flexibility index (Phi) is 5.96. The Hall–Kier alpha value is -3.27. The number of carbonyl (C=O) groups is 1. The van der Waals surface area contributed by atoms with Crippen molar-refractivity contribution in [2.24, 2.45) is 4.99 Å². The van der Waals surface area contributed by atoms with E-state index in [1.54, 1.807) is 24.5 Å². The van der Waals surface area contributed by atoms with Gasteiger partial charge in [0.1, 0.15) is 11.6 Å². The molecule has 3 heterocycles. The van der Waals surface area contributed by atoms with E-state index in [1.165, 1.54) is 6.92 Å². The van der Waals surface area contributed by atoms with E-state index in [4.69, 9.17) is 14.9 Å². The number of amides is 1. The van der Waals surface area contributed by atoms with Gasteiger partial charge in [-0.15, -0.1) is 0 Å². The smallest absolute Gasteiger partial charge is 0.277 e. The summed E-state index contributed by atoms with van der Waals surface area (Å²) in [5.74, 6) is 0.112. The summed E-state index contributed by atoms with van der Waals surface area (Å²) in [6.07, 6.45) is 1.60. The topological polar surface area (TPSA) is 99.0 Å². The maximum atomic E-state index is 13.6. The highest BCUT2D eigenvalue weighted by Gasteiger charge is 2.44. The zero-order valence-corrected chi connectivity index (χ0v) is 17.9. The number of ether oxygens (including phenoxy) is 2. The van der Waals surface area contributed by atoms with Gasteiger partial charge in [-0.05, 0) is 25.5 Å². The molecule has 0 aromatic heterocycles. The molecule has 1 aromatic rings. The number of morpholine rings is 1. The van der Waals surface area contributed by atoms with Crippen LogP contribution in [0.2, 0.25) is 0 Å². The molecule has 32 heavy (non-hydrogen) atoms. The van der Waals surface area contributed by atoms with Crippen molar-refractivity contribution in [3.05, 3.63) is 40.9 Å². The summed E-state index contributed by atoms with van der Waals surface area (Å²) < 4.78 is 38.2. The van der Waals surface area contributed by atoms with Crippen molar-refractivity contribution >= 4 is 29.7 Å². The fourth-order valence-electron chi connectivity index (χ4n) is 3.80. The van der Waals surface area contributed by atoms with Crippen molar-refractivity contribution in [2.45, 2.75) is 32.3 Å². The Balaban J connectivity index is 1.68. The summed E-state index contributed by atoms with van der Waals surface area (Å²) in [5, 5.41) is 13.5. The van der Waals surface area contributed by atoms with Crippen LogP contribution in [0.5, 0.6) is 5.75 Å². The number of anilines is 2. The number of rotatable bonds is 5. The zero-order chi connectivity index (χ0) is 22.9. The molecule has 10 heteroatoms. The summed E-state index contributed by atoms with van der Waals surface area (Å²) in [5.41, 5.74) is 1.03. The van der Waals surface area contributed by atoms with Crippen LogP contribution in [0, 0.1) is 5.41 Å². The Labute approximate surface area is 184 Å². The molecule has 0 aliphatic carbocycles. The number of hydrogen-bond donors (Lipinski definition) is 3. The summed E-state index contributed by atoms with van der Waals surface area (Å²) >= 11 is 0. The fourth-order valence-corrected chi connectivity index (χ4v) is 3.80. The highest BCUT2D eigenvalue weighted by Crippen LogP contribution is 2.44. The number of aliphatic imine (C=N–C) groups is 1. The minimum atomic E-state index is -2.65. The van der Waals surface area contributed by atoms with Crippen molar-refractivity contribution in [3.8, 4) is 5.75 Å². The second-order valence-electron chi connectivity index (χ2n) is 8.12. The molecule has 1 atom stereocenters. The Morgan fingerprint density at radius 3 is 2.75 bits per heavy atom. The van der Waals surface area contributed by atoms with Crippen molar-refractivity contribution in [3.63, 3.8) is 0 Å². The molecule has 1 unspecified atom stereocenters. The Morgan fingerprint density at radius 2 is 2.12 bits per heavy atom. The van der Waals surface area contributed by atoms with Gasteiger partial charge >= 0.3 is 0 Å². The van der Waals surface area contributed by atoms with Crippen molar-refractivity contribution < 1.29 is 23.0 Å². The summed E-state index contributed by atoms with van der Waals surface area (Å²) in [6.45, 7) is 5.43. The maximum Gasteiger partial charge on any atom is 0.277 e.